The Morgan fingerprint density at radius 1 is 1.44 bits per heavy atom. The first-order valence-electron chi connectivity index (χ1n) is 9.39. The van der Waals surface area contributed by atoms with E-state index in [1.54, 1.807) is 0 Å². The van der Waals surface area contributed by atoms with Crippen molar-refractivity contribution in [1.82, 2.24) is 14.8 Å². The highest BCUT2D eigenvalue weighted by atomic mass is 32.2. The largest absolute Gasteiger partial charge is 0.355 e. The van der Waals surface area contributed by atoms with Gasteiger partial charge in [-0.05, 0) is 43.7 Å². The number of nitrogens with zero attached hydrogens (tertiary/aromatic N) is 4. The Kier molecular flexibility index (Phi) is 5.15. The number of nitrogens with one attached hydrogen (secondary N) is 1. The quantitative estimate of drug-likeness (QED) is 0.505. The van der Waals surface area contributed by atoms with Gasteiger partial charge in [-0.3, -0.25) is 14.8 Å². The minimum absolute atomic E-state index is 0.0731. The van der Waals surface area contributed by atoms with Crippen molar-refractivity contribution in [2.45, 2.75) is 63.1 Å². The summed E-state index contributed by atoms with van der Waals surface area (Å²) in [5.41, 5.74) is 4.58. The van der Waals surface area contributed by atoms with Gasteiger partial charge in [0.25, 0.3) is 0 Å². The van der Waals surface area contributed by atoms with Crippen LogP contribution in [0.3, 0.4) is 0 Å². The first kappa shape index (κ1) is 18.7. The molecule has 10 heteroatoms. The predicted molar refractivity (Wildman–Crippen MR) is 107 cm³/mol. The molecule has 3 heterocycles. The number of hydrogen-bond donors (Lipinski definition) is 3. The molecule has 2 aromatic rings. The zero-order valence-corrected chi connectivity index (χ0v) is 17.5. The number of aliphatic hydroxyl groups is 1. The molecule has 146 valence electrons. The minimum Gasteiger partial charge on any atom is -0.355 e. The highest BCUT2D eigenvalue weighted by molar-refractivity contribution is 7.85. The normalized spacial score (nSPS) is 20.6. The molecule has 4 rings (SSSR count). The number of halogens is 1. The second kappa shape index (κ2) is 7.42. The van der Waals surface area contributed by atoms with Gasteiger partial charge in [-0.1, -0.05) is 12.6 Å². The molecule has 1 aliphatic heterocycles. The zero-order valence-electron chi connectivity index (χ0n) is 15.6. The first-order chi connectivity index (χ1) is 13.0. The predicted octanol–water partition coefficient (Wildman–Crippen LogP) is 0.968. The fourth-order valence-electron chi connectivity index (χ4n) is 3.97. The summed E-state index contributed by atoms with van der Waals surface area (Å²) in [5, 5.41) is 25.1. The maximum absolute atomic E-state index is 14.0. The summed E-state index contributed by atoms with van der Waals surface area (Å²) in [6.45, 7) is 4.74. The molecule has 0 aromatic carbocycles. The second-order valence-corrected chi connectivity index (χ2v) is 11.3. The van der Waals surface area contributed by atoms with Crippen molar-refractivity contribution in [3.05, 3.63) is 28.8 Å². The number of pyridine rings is 1. The topological polar surface area (TPSA) is 101 Å². The van der Waals surface area contributed by atoms with Crippen molar-refractivity contribution >= 4 is 30.7 Å². The van der Waals surface area contributed by atoms with E-state index in [0.717, 1.165) is 37.1 Å². The molecular formula is C17H25FN6OSSi. The summed E-state index contributed by atoms with van der Waals surface area (Å²) < 4.78 is 19.6. The Labute approximate surface area is 162 Å². The van der Waals surface area contributed by atoms with Crippen LogP contribution in [0.1, 0.15) is 30.2 Å². The highest BCUT2D eigenvalue weighted by Gasteiger charge is 2.30. The standard InChI is InChI=1S/C17H25FN6OSSi/c1-3-24-9-12(18)15(22-24)26(19)23-17(25)21-14-10-5-4-6-13(10)20-16-11(14)7-8-27(16)2/h9,17,25,27H,3-8H2,1-2H3,(H2,19,23)(H,20,21)/t17?,26?,27-/m0/s1. The van der Waals surface area contributed by atoms with Crippen LogP contribution >= 0.6 is 0 Å². The van der Waals surface area contributed by atoms with Crippen LogP contribution in [0.15, 0.2) is 15.6 Å². The van der Waals surface area contributed by atoms with Gasteiger partial charge in [-0.15, -0.1) is 0 Å². The number of hydrogen-bond acceptors (Lipinski definition) is 5. The van der Waals surface area contributed by atoms with Crippen LogP contribution in [0.4, 0.5) is 10.1 Å². The van der Waals surface area contributed by atoms with Gasteiger partial charge in [0, 0.05) is 34.1 Å². The van der Waals surface area contributed by atoms with E-state index >= 15 is 0 Å². The molecule has 0 saturated heterocycles. The Hall–Kier alpha value is -1.62. The number of aromatic nitrogens is 3. The van der Waals surface area contributed by atoms with E-state index in [0.29, 0.717) is 6.54 Å². The molecule has 0 amide bonds. The van der Waals surface area contributed by atoms with Gasteiger partial charge in [0.2, 0.25) is 6.35 Å². The average Bonchev–Trinajstić information content (AvgIpc) is 3.34. The van der Waals surface area contributed by atoms with E-state index in [1.807, 2.05) is 6.92 Å². The number of nitrogens with two attached hydrogens (primary N) is 1. The lowest BCUT2D eigenvalue weighted by Crippen LogP contribution is -2.29. The number of rotatable bonds is 5. The summed E-state index contributed by atoms with van der Waals surface area (Å²) in [4.78, 5) is 4.94. The van der Waals surface area contributed by atoms with E-state index in [1.165, 1.54) is 33.4 Å². The van der Waals surface area contributed by atoms with Crippen LogP contribution in [0.2, 0.25) is 12.6 Å². The molecule has 2 unspecified atom stereocenters. The van der Waals surface area contributed by atoms with Crippen LogP contribution in [-0.4, -0.2) is 35.0 Å². The molecule has 4 N–H and O–H groups in total. The molecule has 1 aliphatic carbocycles. The Morgan fingerprint density at radius 2 is 2.26 bits per heavy atom. The molecule has 27 heavy (non-hydrogen) atoms. The molecule has 3 atom stereocenters. The molecule has 2 aliphatic rings. The van der Waals surface area contributed by atoms with E-state index < -0.39 is 31.8 Å². The molecule has 7 nitrogen and oxygen atoms in total. The summed E-state index contributed by atoms with van der Waals surface area (Å²) in [6, 6.07) is 1.20. The summed E-state index contributed by atoms with van der Waals surface area (Å²) in [7, 11) is -2.32. The van der Waals surface area contributed by atoms with Gasteiger partial charge in [0.1, 0.15) is 0 Å². The van der Waals surface area contributed by atoms with Gasteiger partial charge < -0.3 is 10.4 Å². The summed E-state index contributed by atoms with van der Waals surface area (Å²) in [6.07, 6.45) is 4.13. The fraction of sp³-hybridized carbons (Fsp3) is 0.529. The molecule has 0 saturated carbocycles. The van der Waals surface area contributed by atoms with Gasteiger partial charge in [-0.2, -0.15) is 9.46 Å². The van der Waals surface area contributed by atoms with Crippen molar-refractivity contribution < 1.29 is 9.50 Å². The van der Waals surface area contributed by atoms with Crippen LogP contribution in [0.5, 0.6) is 0 Å². The van der Waals surface area contributed by atoms with Gasteiger partial charge in [-0.25, -0.2) is 4.39 Å². The van der Waals surface area contributed by atoms with Gasteiger partial charge in [0.05, 0.1) is 15.0 Å². The summed E-state index contributed by atoms with van der Waals surface area (Å²) >= 11 is 0. The van der Waals surface area contributed by atoms with E-state index in [9.17, 15) is 9.50 Å². The second-order valence-electron chi connectivity index (χ2n) is 7.14. The molecule has 2 aromatic heterocycles. The maximum Gasteiger partial charge on any atom is 0.230 e. The van der Waals surface area contributed by atoms with Crippen molar-refractivity contribution in [2.75, 3.05) is 5.32 Å². The maximum atomic E-state index is 14.0. The zero-order chi connectivity index (χ0) is 19.1. The van der Waals surface area contributed by atoms with Crippen molar-refractivity contribution in [2.24, 2.45) is 9.50 Å². The van der Waals surface area contributed by atoms with E-state index in [-0.39, 0.29) is 5.03 Å². The Bertz CT molecular complexity index is 917. The lowest BCUT2D eigenvalue weighted by molar-refractivity contribution is 0.216. The smallest absolute Gasteiger partial charge is 0.230 e. The lowest BCUT2D eigenvalue weighted by Gasteiger charge is -2.19. The number of fused-ring (bicyclic) bond motifs is 2. The third kappa shape index (κ3) is 3.46. The molecule has 0 fully saturated rings. The Morgan fingerprint density at radius 3 is 3.00 bits per heavy atom. The van der Waals surface area contributed by atoms with E-state index in [4.69, 9.17) is 10.1 Å². The van der Waals surface area contributed by atoms with Crippen LogP contribution in [0, 0.1) is 5.82 Å². The third-order valence-corrected chi connectivity index (χ3v) is 9.01. The van der Waals surface area contributed by atoms with Crippen molar-refractivity contribution in [3.63, 3.8) is 0 Å². The van der Waals surface area contributed by atoms with E-state index in [2.05, 4.69) is 21.3 Å². The summed E-state index contributed by atoms with van der Waals surface area (Å²) in [5.74, 6) is -0.496. The number of anilines is 1. The Balaban J connectivity index is 1.63. The SMILES string of the molecule is CCn1cc(F)c(/S(N)=N/C(O)Nc2c3c(nc4c2CC[Si@@H]4C)CCC3)n1. The van der Waals surface area contributed by atoms with Crippen LogP contribution in [-0.2, 0) is 36.7 Å². The molecule has 0 radical (unpaired) electrons. The van der Waals surface area contributed by atoms with Crippen molar-refractivity contribution in [1.29, 1.82) is 0 Å². The highest BCUT2D eigenvalue weighted by Crippen LogP contribution is 2.33. The molecule has 0 bridgehead atoms. The first-order valence-corrected chi connectivity index (χ1v) is 13.2. The van der Waals surface area contributed by atoms with Gasteiger partial charge >= 0.3 is 0 Å². The minimum atomic E-state index is -1.33. The molecule has 0 spiro atoms. The molecular weight excluding hydrogens is 383 g/mol. The lowest BCUT2D eigenvalue weighted by atomic mass is 10.1. The third-order valence-electron chi connectivity index (χ3n) is 5.35. The van der Waals surface area contributed by atoms with Crippen LogP contribution in [0.25, 0.3) is 0 Å². The fourth-order valence-corrected chi connectivity index (χ4v) is 7.04. The van der Waals surface area contributed by atoms with Crippen LogP contribution < -0.4 is 15.8 Å². The monoisotopic (exact) mass is 408 g/mol. The number of aryl methyl sites for hydroxylation is 2. The average molecular weight is 409 g/mol. The van der Waals surface area contributed by atoms with Crippen molar-refractivity contribution in [3.8, 4) is 0 Å². The van der Waals surface area contributed by atoms with Gasteiger partial charge in [0.15, 0.2) is 10.8 Å². The number of aliphatic hydroxyl groups excluding tert-OH is 1.